The Morgan fingerprint density at radius 2 is 2.00 bits per heavy atom. The van der Waals surface area contributed by atoms with Crippen LogP contribution in [0.1, 0.15) is 33.6 Å². The average molecular weight is 275 g/mol. The minimum absolute atomic E-state index is 0.204. The highest BCUT2D eigenvalue weighted by Crippen LogP contribution is 2.30. The molecule has 1 aromatic carbocycles. The van der Waals surface area contributed by atoms with Gasteiger partial charge in [0.2, 0.25) is 0 Å². The van der Waals surface area contributed by atoms with Crippen molar-refractivity contribution in [2.75, 3.05) is 5.32 Å². The van der Waals surface area contributed by atoms with E-state index in [9.17, 15) is 9.18 Å². The number of para-hydroxylation sites is 1. The van der Waals surface area contributed by atoms with Crippen LogP contribution < -0.4 is 5.32 Å². The van der Waals surface area contributed by atoms with Crippen LogP contribution in [0.2, 0.25) is 0 Å². The summed E-state index contributed by atoms with van der Waals surface area (Å²) in [6.07, 6.45) is 4.34. The Balaban J connectivity index is 1.85. The highest BCUT2D eigenvalue weighted by molar-refractivity contribution is 7.10. The number of amides is 1. The quantitative estimate of drug-likeness (QED) is 0.881. The summed E-state index contributed by atoms with van der Waals surface area (Å²) in [7, 11) is 0. The van der Waals surface area contributed by atoms with Gasteiger partial charge in [-0.3, -0.25) is 4.79 Å². The maximum Gasteiger partial charge on any atom is 0.256 e. The Bertz CT molecular complexity index is 620. The Morgan fingerprint density at radius 1 is 1.21 bits per heavy atom. The number of halogens is 1. The smallest absolute Gasteiger partial charge is 0.256 e. The summed E-state index contributed by atoms with van der Waals surface area (Å²) in [4.78, 5) is 13.5. The van der Waals surface area contributed by atoms with Crippen molar-refractivity contribution in [3.05, 3.63) is 51.5 Å². The number of benzene rings is 1. The minimum atomic E-state index is -0.403. The first-order chi connectivity index (χ1) is 9.25. The van der Waals surface area contributed by atoms with E-state index < -0.39 is 5.82 Å². The number of carbonyl (C=O) groups excluding carboxylic acids is 1. The fraction of sp³-hybridized carbons (Fsp3) is 0.267. The van der Waals surface area contributed by atoms with Crippen molar-refractivity contribution in [2.45, 2.75) is 25.7 Å². The van der Waals surface area contributed by atoms with Crippen LogP contribution in [0, 0.1) is 5.82 Å². The van der Waals surface area contributed by atoms with Crippen LogP contribution in [0.5, 0.6) is 0 Å². The summed E-state index contributed by atoms with van der Waals surface area (Å²) in [6, 6.07) is 6.24. The lowest BCUT2D eigenvalue weighted by atomic mass is 9.95. The fourth-order valence-corrected chi connectivity index (χ4v) is 3.56. The van der Waals surface area contributed by atoms with Gasteiger partial charge in [-0.2, -0.15) is 0 Å². The second-order valence-corrected chi connectivity index (χ2v) is 5.66. The molecule has 2 nitrogen and oxygen atoms in total. The molecule has 0 saturated carbocycles. The zero-order valence-corrected chi connectivity index (χ0v) is 11.2. The predicted octanol–water partition coefficient (Wildman–Crippen LogP) is 4.02. The van der Waals surface area contributed by atoms with E-state index in [2.05, 4.69) is 5.32 Å². The normalized spacial score (nSPS) is 13.9. The number of rotatable bonds is 2. The predicted molar refractivity (Wildman–Crippen MR) is 75.3 cm³/mol. The van der Waals surface area contributed by atoms with Crippen molar-refractivity contribution >= 4 is 22.9 Å². The number of anilines is 1. The highest BCUT2D eigenvalue weighted by Gasteiger charge is 2.20. The van der Waals surface area contributed by atoms with Gasteiger partial charge in [0, 0.05) is 10.3 Å². The number of hydrogen-bond acceptors (Lipinski definition) is 2. The molecule has 0 unspecified atom stereocenters. The molecule has 98 valence electrons. The van der Waals surface area contributed by atoms with Crippen molar-refractivity contribution in [1.82, 2.24) is 0 Å². The van der Waals surface area contributed by atoms with E-state index >= 15 is 0 Å². The molecule has 1 N–H and O–H groups in total. The second-order valence-electron chi connectivity index (χ2n) is 4.69. The van der Waals surface area contributed by atoms with Gasteiger partial charge in [-0.15, -0.1) is 11.3 Å². The molecule has 1 aliphatic rings. The maximum absolute atomic E-state index is 13.5. The van der Waals surface area contributed by atoms with Crippen molar-refractivity contribution in [3.8, 4) is 0 Å². The van der Waals surface area contributed by atoms with E-state index in [0.29, 0.717) is 5.56 Å². The monoisotopic (exact) mass is 275 g/mol. The minimum Gasteiger partial charge on any atom is -0.319 e. The first kappa shape index (κ1) is 12.4. The third-order valence-electron chi connectivity index (χ3n) is 3.43. The van der Waals surface area contributed by atoms with Gasteiger partial charge in [0.1, 0.15) is 5.82 Å². The zero-order valence-electron chi connectivity index (χ0n) is 10.4. The second kappa shape index (κ2) is 5.13. The third kappa shape index (κ3) is 2.40. The van der Waals surface area contributed by atoms with Gasteiger partial charge in [-0.25, -0.2) is 4.39 Å². The third-order valence-corrected chi connectivity index (χ3v) is 4.52. The molecule has 1 aliphatic carbocycles. The average Bonchev–Trinajstić information content (AvgIpc) is 2.85. The molecule has 0 bridgehead atoms. The molecule has 1 aromatic heterocycles. The van der Waals surface area contributed by atoms with E-state index in [-0.39, 0.29) is 11.6 Å². The molecular formula is C15H14FNOS. The van der Waals surface area contributed by atoms with Crippen LogP contribution in [-0.2, 0) is 12.8 Å². The molecule has 0 fully saturated rings. The van der Waals surface area contributed by atoms with Gasteiger partial charge in [0.05, 0.1) is 11.3 Å². The van der Waals surface area contributed by atoms with E-state index in [1.165, 1.54) is 17.4 Å². The number of nitrogens with one attached hydrogen (secondary N) is 1. The summed E-state index contributed by atoms with van der Waals surface area (Å²) in [6.45, 7) is 0. The SMILES string of the molecule is O=C(Nc1ccccc1F)c1csc2c1CCCC2. The molecule has 19 heavy (non-hydrogen) atoms. The molecule has 0 spiro atoms. The standard InChI is InChI=1S/C15H14FNOS/c16-12-6-2-3-7-13(12)17-15(18)11-9-19-14-8-4-1-5-10(11)14/h2-3,6-7,9H,1,4-5,8H2,(H,17,18). The van der Waals surface area contributed by atoms with E-state index in [4.69, 9.17) is 0 Å². The first-order valence-electron chi connectivity index (χ1n) is 6.41. The van der Waals surface area contributed by atoms with Crippen LogP contribution >= 0.6 is 11.3 Å². The Morgan fingerprint density at radius 3 is 2.84 bits per heavy atom. The van der Waals surface area contributed by atoms with Gasteiger partial charge in [-0.05, 0) is 43.4 Å². The zero-order chi connectivity index (χ0) is 13.2. The molecule has 0 radical (unpaired) electrons. The summed E-state index contributed by atoms with van der Waals surface area (Å²) >= 11 is 1.64. The van der Waals surface area contributed by atoms with Crippen LogP contribution in [-0.4, -0.2) is 5.91 Å². The van der Waals surface area contributed by atoms with Crippen molar-refractivity contribution in [1.29, 1.82) is 0 Å². The van der Waals surface area contributed by atoms with Gasteiger partial charge in [-0.1, -0.05) is 12.1 Å². The number of carbonyl (C=O) groups is 1. The summed E-state index contributed by atoms with van der Waals surface area (Å²) in [5, 5.41) is 4.55. The molecular weight excluding hydrogens is 261 g/mol. The van der Waals surface area contributed by atoms with Crippen LogP contribution in [0.3, 0.4) is 0 Å². The molecule has 4 heteroatoms. The van der Waals surface area contributed by atoms with Crippen LogP contribution in [0.4, 0.5) is 10.1 Å². The maximum atomic E-state index is 13.5. The van der Waals surface area contributed by atoms with Gasteiger partial charge in [0.15, 0.2) is 0 Å². The number of thiophene rings is 1. The Hall–Kier alpha value is -1.68. The molecule has 0 atom stereocenters. The first-order valence-corrected chi connectivity index (χ1v) is 7.29. The Labute approximate surface area is 115 Å². The van der Waals surface area contributed by atoms with Crippen molar-refractivity contribution in [2.24, 2.45) is 0 Å². The lowest BCUT2D eigenvalue weighted by Crippen LogP contribution is -2.15. The van der Waals surface area contributed by atoms with Gasteiger partial charge >= 0.3 is 0 Å². The molecule has 1 heterocycles. The number of fused-ring (bicyclic) bond motifs is 1. The molecule has 0 aliphatic heterocycles. The van der Waals surface area contributed by atoms with E-state index in [0.717, 1.165) is 24.8 Å². The molecule has 2 aromatic rings. The van der Waals surface area contributed by atoms with Crippen LogP contribution in [0.25, 0.3) is 0 Å². The Kier molecular flexibility index (Phi) is 3.34. The van der Waals surface area contributed by atoms with E-state index in [1.807, 2.05) is 5.38 Å². The topological polar surface area (TPSA) is 29.1 Å². The van der Waals surface area contributed by atoms with Crippen molar-refractivity contribution < 1.29 is 9.18 Å². The summed E-state index contributed by atoms with van der Waals surface area (Å²) in [5.41, 5.74) is 2.11. The van der Waals surface area contributed by atoms with Gasteiger partial charge in [0.25, 0.3) is 5.91 Å². The molecule has 0 saturated heterocycles. The highest BCUT2D eigenvalue weighted by atomic mass is 32.1. The van der Waals surface area contributed by atoms with E-state index in [1.54, 1.807) is 29.5 Å². The lowest BCUT2D eigenvalue weighted by Gasteiger charge is -2.12. The van der Waals surface area contributed by atoms with Crippen molar-refractivity contribution in [3.63, 3.8) is 0 Å². The van der Waals surface area contributed by atoms with Gasteiger partial charge < -0.3 is 5.32 Å². The van der Waals surface area contributed by atoms with Crippen LogP contribution in [0.15, 0.2) is 29.6 Å². The summed E-state index contributed by atoms with van der Waals surface area (Å²) < 4.78 is 13.5. The molecule has 3 rings (SSSR count). The largest absolute Gasteiger partial charge is 0.319 e. The number of aryl methyl sites for hydroxylation is 1. The molecule has 1 amide bonds. The number of hydrogen-bond donors (Lipinski definition) is 1. The fourth-order valence-electron chi connectivity index (χ4n) is 2.44. The lowest BCUT2D eigenvalue weighted by molar-refractivity contribution is 0.102. The summed E-state index contributed by atoms with van der Waals surface area (Å²) in [5.74, 6) is -0.607.